The minimum Gasteiger partial charge on any atom is -0.333 e. The van der Waals surface area contributed by atoms with Crippen LogP contribution in [0.25, 0.3) is 10.8 Å². The molecule has 0 aromatic carbocycles. The molecule has 3 rings (SSSR count). The van der Waals surface area contributed by atoms with Gasteiger partial charge in [0.1, 0.15) is 9.88 Å². The highest BCUT2D eigenvalue weighted by molar-refractivity contribution is 7.99. The van der Waals surface area contributed by atoms with Gasteiger partial charge in [0.05, 0.1) is 11.4 Å². The van der Waals surface area contributed by atoms with Crippen LogP contribution in [0.1, 0.15) is 42.2 Å². The minimum atomic E-state index is 0.448. The lowest BCUT2D eigenvalue weighted by Crippen LogP contribution is -1.95. The van der Waals surface area contributed by atoms with E-state index in [4.69, 9.17) is 10.3 Å². The Morgan fingerprint density at radius 3 is 2.85 bits per heavy atom. The van der Waals surface area contributed by atoms with Gasteiger partial charge in [-0.3, -0.25) is 0 Å². The second kappa shape index (κ2) is 6.24. The van der Waals surface area contributed by atoms with E-state index in [0.29, 0.717) is 12.4 Å². The highest BCUT2D eigenvalue weighted by Crippen LogP contribution is 2.32. The lowest BCUT2D eigenvalue weighted by Gasteiger charge is -2.04. The quantitative estimate of drug-likeness (QED) is 0.914. The maximum absolute atomic E-state index is 5.61. The number of hydrogen-bond donors (Lipinski definition) is 1. The van der Waals surface area contributed by atoms with E-state index < -0.39 is 0 Å². The highest BCUT2D eigenvalue weighted by atomic mass is 32.2. The number of nitrogens with zero attached hydrogens (tertiary/aromatic N) is 3. The average Bonchev–Trinajstić information content (AvgIpc) is 3.16. The van der Waals surface area contributed by atoms with Crippen LogP contribution in [0, 0.1) is 6.92 Å². The standard InChI is InChI=1S/C13H18N4OS2/c1-8-12(20-11(6-14)15-8)13-16-10(17-18-13)7-19-9-4-2-3-5-9/h9H,2-7,14H2,1H3. The van der Waals surface area contributed by atoms with Crippen LogP contribution in [0.5, 0.6) is 0 Å². The van der Waals surface area contributed by atoms with Crippen molar-refractivity contribution in [1.82, 2.24) is 15.1 Å². The summed E-state index contributed by atoms with van der Waals surface area (Å²) in [5.41, 5.74) is 6.52. The number of hydrogen-bond acceptors (Lipinski definition) is 7. The zero-order chi connectivity index (χ0) is 13.9. The number of thiazole rings is 1. The van der Waals surface area contributed by atoms with Crippen molar-refractivity contribution in [2.24, 2.45) is 5.73 Å². The third-order valence-electron chi connectivity index (χ3n) is 3.43. The SMILES string of the molecule is Cc1nc(CN)sc1-c1nc(CSC2CCCC2)no1. The van der Waals surface area contributed by atoms with Crippen LogP contribution in [0.2, 0.25) is 0 Å². The van der Waals surface area contributed by atoms with Gasteiger partial charge in [-0.15, -0.1) is 11.3 Å². The summed E-state index contributed by atoms with van der Waals surface area (Å²) in [6.07, 6.45) is 5.36. The number of aryl methyl sites for hydroxylation is 1. The molecule has 0 aliphatic heterocycles. The van der Waals surface area contributed by atoms with Crippen LogP contribution in [0.15, 0.2) is 4.52 Å². The molecular formula is C13H18N4OS2. The van der Waals surface area contributed by atoms with Crippen LogP contribution >= 0.6 is 23.1 Å². The van der Waals surface area contributed by atoms with Crippen molar-refractivity contribution in [3.05, 3.63) is 16.5 Å². The lowest BCUT2D eigenvalue weighted by molar-refractivity contribution is 0.425. The summed E-state index contributed by atoms with van der Waals surface area (Å²) in [6.45, 7) is 2.40. The molecular weight excluding hydrogens is 292 g/mol. The number of rotatable bonds is 5. The molecule has 0 bridgehead atoms. The van der Waals surface area contributed by atoms with Gasteiger partial charge in [-0.2, -0.15) is 16.7 Å². The molecule has 108 valence electrons. The summed E-state index contributed by atoms with van der Waals surface area (Å²) in [4.78, 5) is 9.81. The molecule has 1 saturated carbocycles. The normalized spacial score (nSPS) is 16.1. The summed E-state index contributed by atoms with van der Waals surface area (Å²) < 4.78 is 5.36. The maximum atomic E-state index is 5.61. The van der Waals surface area contributed by atoms with Gasteiger partial charge in [0.15, 0.2) is 5.82 Å². The van der Waals surface area contributed by atoms with Gasteiger partial charge in [-0.1, -0.05) is 18.0 Å². The highest BCUT2D eigenvalue weighted by Gasteiger charge is 2.19. The van der Waals surface area contributed by atoms with Crippen molar-refractivity contribution in [1.29, 1.82) is 0 Å². The van der Waals surface area contributed by atoms with Crippen LogP contribution < -0.4 is 5.73 Å². The first-order valence-electron chi connectivity index (χ1n) is 6.87. The van der Waals surface area contributed by atoms with Crippen molar-refractivity contribution in [3.63, 3.8) is 0 Å². The van der Waals surface area contributed by atoms with Crippen molar-refractivity contribution >= 4 is 23.1 Å². The molecule has 0 radical (unpaired) electrons. The van der Waals surface area contributed by atoms with E-state index in [0.717, 1.165) is 32.4 Å². The Hall–Kier alpha value is -0.920. The predicted molar refractivity (Wildman–Crippen MR) is 81.6 cm³/mol. The average molecular weight is 310 g/mol. The molecule has 1 aliphatic carbocycles. The molecule has 20 heavy (non-hydrogen) atoms. The van der Waals surface area contributed by atoms with Crippen LogP contribution in [-0.2, 0) is 12.3 Å². The fraction of sp³-hybridized carbons (Fsp3) is 0.615. The molecule has 2 aromatic heterocycles. The van der Waals surface area contributed by atoms with Crippen LogP contribution in [0.4, 0.5) is 0 Å². The van der Waals surface area contributed by atoms with Crippen molar-refractivity contribution in [2.45, 2.75) is 50.2 Å². The largest absolute Gasteiger partial charge is 0.333 e. The zero-order valence-corrected chi connectivity index (χ0v) is 13.1. The molecule has 1 fully saturated rings. The van der Waals surface area contributed by atoms with Crippen molar-refractivity contribution < 1.29 is 4.52 Å². The molecule has 2 N–H and O–H groups in total. The van der Waals surface area contributed by atoms with E-state index in [1.165, 1.54) is 37.0 Å². The molecule has 2 heterocycles. The van der Waals surface area contributed by atoms with Gasteiger partial charge in [-0.05, 0) is 19.8 Å². The molecule has 7 heteroatoms. The molecule has 0 unspecified atom stereocenters. The minimum absolute atomic E-state index is 0.448. The van der Waals surface area contributed by atoms with E-state index >= 15 is 0 Å². The second-order valence-corrected chi connectivity index (χ2v) is 7.33. The number of nitrogens with two attached hydrogens (primary N) is 1. The summed E-state index contributed by atoms with van der Waals surface area (Å²) >= 11 is 3.47. The molecule has 0 spiro atoms. The van der Waals surface area contributed by atoms with Gasteiger partial charge in [0.25, 0.3) is 5.89 Å². The van der Waals surface area contributed by atoms with Gasteiger partial charge < -0.3 is 10.3 Å². The third kappa shape index (κ3) is 3.05. The Bertz CT molecular complexity index is 575. The number of aromatic nitrogens is 3. The molecule has 0 saturated heterocycles. The third-order valence-corrected chi connectivity index (χ3v) is 5.96. The van der Waals surface area contributed by atoms with E-state index in [9.17, 15) is 0 Å². The van der Waals surface area contributed by atoms with Gasteiger partial charge >= 0.3 is 0 Å². The fourth-order valence-corrected chi connectivity index (χ4v) is 4.42. The first-order chi connectivity index (χ1) is 9.76. The molecule has 1 aliphatic rings. The summed E-state index contributed by atoms with van der Waals surface area (Å²) in [6, 6.07) is 0. The Kier molecular flexibility index (Phi) is 4.38. The molecule has 5 nitrogen and oxygen atoms in total. The first-order valence-corrected chi connectivity index (χ1v) is 8.73. The van der Waals surface area contributed by atoms with Crippen molar-refractivity contribution in [2.75, 3.05) is 0 Å². The van der Waals surface area contributed by atoms with E-state index in [1.807, 2.05) is 18.7 Å². The predicted octanol–water partition coefficient (Wildman–Crippen LogP) is 3.14. The molecule has 0 atom stereocenters. The maximum Gasteiger partial charge on any atom is 0.269 e. The fourth-order valence-electron chi connectivity index (χ4n) is 2.39. The smallest absolute Gasteiger partial charge is 0.269 e. The van der Waals surface area contributed by atoms with E-state index in [-0.39, 0.29) is 0 Å². The second-order valence-electron chi connectivity index (χ2n) is 4.96. The Labute approximate surface area is 126 Å². The summed E-state index contributed by atoms with van der Waals surface area (Å²) in [5.74, 6) is 2.18. The van der Waals surface area contributed by atoms with E-state index in [2.05, 4.69) is 15.1 Å². The summed E-state index contributed by atoms with van der Waals surface area (Å²) in [5, 5.41) is 5.74. The van der Waals surface area contributed by atoms with E-state index in [1.54, 1.807) is 0 Å². The van der Waals surface area contributed by atoms with Crippen molar-refractivity contribution in [3.8, 4) is 10.8 Å². The topological polar surface area (TPSA) is 77.8 Å². The zero-order valence-electron chi connectivity index (χ0n) is 11.5. The Balaban J connectivity index is 1.67. The Morgan fingerprint density at radius 1 is 1.35 bits per heavy atom. The summed E-state index contributed by atoms with van der Waals surface area (Å²) in [7, 11) is 0. The molecule has 2 aromatic rings. The van der Waals surface area contributed by atoms with Crippen LogP contribution in [-0.4, -0.2) is 20.4 Å². The monoisotopic (exact) mass is 310 g/mol. The van der Waals surface area contributed by atoms with Gasteiger partial charge in [-0.25, -0.2) is 4.98 Å². The Morgan fingerprint density at radius 2 is 2.15 bits per heavy atom. The molecule has 0 amide bonds. The van der Waals surface area contributed by atoms with Gasteiger partial charge in [0.2, 0.25) is 0 Å². The van der Waals surface area contributed by atoms with Gasteiger partial charge in [0, 0.05) is 11.8 Å². The first kappa shape index (κ1) is 14.0. The van der Waals surface area contributed by atoms with Crippen LogP contribution in [0.3, 0.4) is 0 Å². The number of thioether (sulfide) groups is 1. The lowest BCUT2D eigenvalue weighted by atomic mass is 10.4.